The first-order valence-corrected chi connectivity index (χ1v) is 6.13. The van der Waals surface area contributed by atoms with E-state index in [2.05, 4.69) is 6.07 Å². The fourth-order valence-electron chi connectivity index (χ4n) is 2.36. The predicted octanol–water partition coefficient (Wildman–Crippen LogP) is 1.95. The molecular formula is C14H20O3. The molecule has 0 aromatic heterocycles. The highest BCUT2D eigenvalue weighted by atomic mass is 16.5. The Morgan fingerprint density at radius 3 is 2.88 bits per heavy atom. The van der Waals surface area contributed by atoms with Crippen molar-refractivity contribution < 1.29 is 14.6 Å². The lowest BCUT2D eigenvalue weighted by molar-refractivity contribution is -0.0517. The molecule has 0 spiro atoms. The molecule has 0 saturated carbocycles. The third kappa shape index (κ3) is 2.79. The number of fused-ring (bicyclic) bond motifs is 1. The number of aliphatic hydroxyl groups is 1. The van der Waals surface area contributed by atoms with E-state index in [1.54, 1.807) is 7.11 Å². The molecule has 2 rings (SSSR count). The van der Waals surface area contributed by atoms with E-state index in [9.17, 15) is 5.11 Å². The van der Waals surface area contributed by atoms with E-state index in [1.165, 1.54) is 11.1 Å². The summed E-state index contributed by atoms with van der Waals surface area (Å²) in [4.78, 5) is 0. The van der Waals surface area contributed by atoms with Crippen LogP contribution in [0.3, 0.4) is 0 Å². The van der Waals surface area contributed by atoms with E-state index in [1.807, 2.05) is 19.1 Å². The number of benzene rings is 1. The average molecular weight is 236 g/mol. The lowest BCUT2D eigenvalue weighted by Crippen LogP contribution is -2.40. The molecule has 0 heterocycles. The van der Waals surface area contributed by atoms with Crippen LogP contribution >= 0.6 is 0 Å². The van der Waals surface area contributed by atoms with Crippen LogP contribution in [0.4, 0.5) is 0 Å². The van der Waals surface area contributed by atoms with E-state index in [0.717, 1.165) is 18.6 Å². The van der Waals surface area contributed by atoms with Gasteiger partial charge < -0.3 is 14.6 Å². The predicted molar refractivity (Wildman–Crippen MR) is 66.5 cm³/mol. The Balaban J connectivity index is 2.16. The van der Waals surface area contributed by atoms with Gasteiger partial charge in [-0.3, -0.25) is 0 Å². The molecule has 1 aromatic carbocycles. The van der Waals surface area contributed by atoms with Crippen LogP contribution in [-0.2, 0) is 17.6 Å². The van der Waals surface area contributed by atoms with E-state index in [4.69, 9.17) is 9.47 Å². The summed E-state index contributed by atoms with van der Waals surface area (Å²) in [5.41, 5.74) is 1.78. The van der Waals surface area contributed by atoms with Crippen molar-refractivity contribution in [1.29, 1.82) is 0 Å². The van der Waals surface area contributed by atoms with Crippen LogP contribution in [0, 0.1) is 0 Å². The molecule has 0 radical (unpaired) electrons. The molecule has 94 valence electrons. The summed E-state index contributed by atoms with van der Waals surface area (Å²) in [6, 6.07) is 6.09. The van der Waals surface area contributed by atoms with Gasteiger partial charge in [-0.05, 0) is 43.0 Å². The van der Waals surface area contributed by atoms with Gasteiger partial charge in [-0.25, -0.2) is 0 Å². The van der Waals surface area contributed by atoms with Gasteiger partial charge in [-0.15, -0.1) is 0 Å². The molecule has 1 unspecified atom stereocenters. The highest BCUT2D eigenvalue weighted by Crippen LogP contribution is 2.31. The Hall–Kier alpha value is -1.06. The van der Waals surface area contributed by atoms with Crippen molar-refractivity contribution in [3.63, 3.8) is 0 Å². The van der Waals surface area contributed by atoms with Gasteiger partial charge in [0.2, 0.25) is 0 Å². The molecule has 0 bridgehead atoms. The Kier molecular flexibility index (Phi) is 3.69. The van der Waals surface area contributed by atoms with E-state index in [0.29, 0.717) is 19.6 Å². The second kappa shape index (κ2) is 5.07. The molecule has 0 amide bonds. The highest BCUT2D eigenvalue weighted by molar-refractivity contribution is 5.38. The SMILES string of the molecule is CCOCC1(O)CCc2ccc(OC)cc2C1. The monoisotopic (exact) mass is 236 g/mol. The third-order valence-corrected chi connectivity index (χ3v) is 3.37. The van der Waals surface area contributed by atoms with Crippen LogP contribution in [0.5, 0.6) is 5.75 Å². The fraction of sp³-hybridized carbons (Fsp3) is 0.571. The summed E-state index contributed by atoms with van der Waals surface area (Å²) < 4.78 is 10.6. The molecule has 1 aliphatic rings. The molecule has 1 N–H and O–H groups in total. The van der Waals surface area contributed by atoms with Gasteiger partial charge in [0.25, 0.3) is 0 Å². The zero-order chi connectivity index (χ0) is 12.3. The molecule has 0 fully saturated rings. The number of hydrogen-bond donors (Lipinski definition) is 1. The summed E-state index contributed by atoms with van der Waals surface area (Å²) in [6.07, 6.45) is 2.33. The van der Waals surface area contributed by atoms with Crippen molar-refractivity contribution >= 4 is 0 Å². The number of ether oxygens (including phenoxy) is 2. The van der Waals surface area contributed by atoms with Crippen molar-refractivity contribution in [2.24, 2.45) is 0 Å². The second-order valence-electron chi connectivity index (χ2n) is 4.67. The average Bonchev–Trinajstić information content (AvgIpc) is 2.35. The Morgan fingerprint density at radius 1 is 1.35 bits per heavy atom. The standard InChI is InChI=1S/C14H20O3/c1-3-17-10-14(15)7-6-11-4-5-13(16-2)8-12(11)9-14/h4-5,8,15H,3,6-7,9-10H2,1-2H3. The maximum atomic E-state index is 10.4. The van der Waals surface area contributed by atoms with Gasteiger partial charge >= 0.3 is 0 Å². The van der Waals surface area contributed by atoms with Gasteiger partial charge in [0.15, 0.2) is 0 Å². The summed E-state index contributed by atoms with van der Waals surface area (Å²) in [6.45, 7) is 3.01. The minimum Gasteiger partial charge on any atom is -0.497 e. The maximum Gasteiger partial charge on any atom is 0.119 e. The molecule has 3 nitrogen and oxygen atoms in total. The third-order valence-electron chi connectivity index (χ3n) is 3.37. The van der Waals surface area contributed by atoms with Crippen molar-refractivity contribution in [3.05, 3.63) is 29.3 Å². The Bertz CT molecular complexity index is 389. The molecule has 1 aromatic rings. The zero-order valence-electron chi connectivity index (χ0n) is 10.5. The fourth-order valence-corrected chi connectivity index (χ4v) is 2.36. The van der Waals surface area contributed by atoms with E-state index < -0.39 is 5.60 Å². The normalized spacial score (nSPS) is 23.2. The van der Waals surface area contributed by atoms with E-state index in [-0.39, 0.29) is 0 Å². The maximum absolute atomic E-state index is 10.4. The molecular weight excluding hydrogens is 216 g/mol. The van der Waals surface area contributed by atoms with E-state index >= 15 is 0 Å². The lowest BCUT2D eigenvalue weighted by atomic mass is 9.81. The summed E-state index contributed by atoms with van der Waals surface area (Å²) >= 11 is 0. The van der Waals surface area contributed by atoms with Gasteiger partial charge in [0, 0.05) is 13.0 Å². The van der Waals surface area contributed by atoms with Crippen LogP contribution < -0.4 is 4.74 Å². The molecule has 0 saturated heterocycles. The summed E-state index contributed by atoms with van der Waals surface area (Å²) in [7, 11) is 1.66. The lowest BCUT2D eigenvalue weighted by Gasteiger charge is -2.33. The first kappa shape index (κ1) is 12.4. The molecule has 1 aliphatic carbocycles. The molecule has 0 aliphatic heterocycles. The van der Waals surface area contributed by atoms with Crippen molar-refractivity contribution in [3.8, 4) is 5.75 Å². The van der Waals surface area contributed by atoms with Crippen molar-refractivity contribution in [2.45, 2.75) is 31.8 Å². The first-order chi connectivity index (χ1) is 8.17. The summed E-state index contributed by atoms with van der Waals surface area (Å²) in [5, 5.41) is 10.4. The van der Waals surface area contributed by atoms with Gasteiger partial charge in [0.05, 0.1) is 19.3 Å². The Labute approximate surface area is 102 Å². The second-order valence-corrected chi connectivity index (χ2v) is 4.67. The van der Waals surface area contributed by atoms with Gasteiger partial charge in [-0.1, -0.05) is 6.07 Å². The van der Waals surface area contributed by atoms with Gasteiger partial charge in [-0.2, -0.15) is 0 Å². The van der Waals surface area contributed by atoms with Crippen molar-refractivity contribution in [2.75, 3.05) is 20.3 Å². The van der Waals surface area contributed by atoms with Crippen LogP contribution in [0.25, 0.3) is 0 Å². The van der Waals surface area contributed by atoms with Gasteiger partial charge in [0.1, 0.15) is 5.75 Å². The minimum atomic E-state index is -0.713. The summed E-state index contributed by atoms with van der Waals surface area (Å²) in [5.74, 6) is 0.851. The van der Waals surface area contributed by atoms with Crippen LogP contribution in [0.1, 0.15) is 24.5 Å². The van der Waals surface area contributed by atoms with Crippen LogP contribution in [0.15, 0.2) is 18.2 Å². The number of aryl methyl sites for hydroxylation is 1. The highest BCUT2D eigenvalue weighted by Gasteiger charge is 2.32. The molecule has 17 heavy (non-hydrogen) atoms. The number of hydrogen-bond acceptors (Lipinski definition) is 3. The molecule has 3 heteroatoms. The van der Waals surface area contributed by atoms with Crippen LogP contribution in [-0.4, -0.2) is 31.0 Å². The number of rotatable bonds is 4. The quantitative estimate of drug-likeness (QED) is 0.868. The van der Waals surface area contributed by atoms with Crippen molar-refractivity contribution in [1.82, 2.24) is 0 Å². The smallest absolute Gasteiger partial charge is 0.119 e. The minimum absolute atomic E-state index is 0.417. The first-order valence-electron chi connectivity index (χ1n) is 6.13. The Morgan fingerprint density at radius 2 is 2.18 bits per heavy atom. The topological polar surface area (TPSA) is 38.7 Å². The largest absolute Gasteiger partial charge is 0.497 e. The molecule has 1 atom stereocenters. The van der Waals surface area contributed by atoms with Crippen LogP contribution in [0.2, 0.25) is 0 Å². The zero-order valence-corrected chi connectivity index (χ0v) is 10.5. The number of methoxy groups -OCH3 is 1.